The molecule has 2 nitrogen and oxygen atoms in total. The maximum atomic E-state index is 9.86. The van der Waals surface area contributed by atoms with E-state index in [1.54, 1.807) is 12.1 Å². The molecule has 2 N–H and O–H groups in total. The highest BCUT2D eigenvalue weighted by Crippen LogP contribution is 2.51. The van der Waals surface area contributed by atoms with Gasteiger partial charge in [0.15, 0.2) is 0 Å². The molecule has 1 spiro atoms. The summed E-state index contributed by atoms with van der Waals surface area (Å²) in [5.74, 6) is 0.741. The van der Waals surface area contributed by atoms with Crippen molar-refractivity contribution in [3.05, 3.63) is 23.3 Å². The third kappa shape index (κ3) is 1.40. The molecule has 0 aliphatic heterocycles. The Labute approximate surface area is 95.9 Å². The Morgan fingerprint density at radius 2 is 1.31 bits per heavy atom. The highest BCUT2D eigenvalue weighted by molar-refractivity contribution is 5.51. The highest BCUT2D eigenvalue weighted by atomic mass is 16.3. The lowest BCUT2D eigenvalue weighted by atomic mass is 9.72. The van der Waals surface area contributed by atoms with Gasteiger partial charge in [0, 0.05) is 11.1 Å². The van der Waals surface area contributed by atoms with Gasteiger partial charge in [0.1, 0.15) is 11.5 Å². The van der Waals surface area contributed by atoms with Crippen molar-refractivity contribution >= 4 is 0 Å². The number of hydrogen-bond acceptors (Lipinski definition) is 2. The van der Waals surface area contributed by atoms with Crippen molar-refractivity contribution in [3.63, 3.8) is 0 Å². The molecule has 0 radical (unpaired) electrons. The second kappa shape index (κ2) is 3.41. The van der Waals surface area contributed by atoms with E-state index in [2.05, 4.69) is 0 Å². The highest BCUT2D eigenvalue weighted by Gasteiger charge is 2.40. The van der Waals surface area contributed by atoms with E-state index in [0.29, 0.717) is 16.9 Å². The van der Waals surface area contributed by atoms with E-state index in [1.165, 1.54) is 32.1 Å². The molecular weight excluding hydrogens is 200 g/mol. The van der Waals surface area contributed by atoms with Gasteiger partial charge in [-0.05, 0) is 43.2 Å². The van der Waals surface area contributed by atoms with E-state index in [1.807, 2.05) is 0 Å². The quantitative estimate of drug-likeness (QED) is 0.657. The molecule has 0 amide bonds. The summed E-state index contributed by atoms with van der Waals surface area (Å²) >= 11 is 0. The van der Waals surface area contributed by atoms with Crippen molar-refractivity contribution in [2.45, 2.75) is 44.9 Å². The summed E-state index contributed by atoms with van der Waals surface area (Å²) in [6, 6.07) is 3.24. The van der Waals surface area contributed by atoms with Crippen LogP contribution in [0, 0.1) is 5.41 Å². The fourth-order valence-corrected chi connectivity index (χ4v) is 3.53. The van der Waals surface area contributed by atoms with Gasteiger partial charge in [0.25, 0.3) is 0 Å². The van der Waals surface area contributed by atoms with Crippen LogP contribution >= 0.6 is 0 Å². The average Bonchev–Trinajstić information content (AvgIpc) is 2.65. The Hall–Kier alpha value is -1.18. The lowest BCUT2D eigenvalue weighted by molar-refractivity contribution is 0.201. The maximum Gasteiger partial charge on any atom is 0.119 e. The first-order valence-corrected chi connectivity index (χ1v) is 6.23. The summed E-state index contributed by atoms with van der Waals surface area (Å²) in [5.41, 5.74) is 2.35. The van der Waals surface area contributed by atoms with Crippen LogP contribution in [0.1, 0.15) is 43.2 Å². The molecule has 1 aromatic carbocycles. The Morgan fingerprint density at radius 1 is 0.812 bits per heavy atom. The van der Waals surface area contributed by atoms with Crippen molar-refractivity contribution in [3.8, 4) is 11.5 Å². The summed E-state index contributed by atoms with van der Waals surface area (Å²) in [7, 11) is 0. The summed E-state index contributed by atoms with van der Waals surface area (Å²) in [5, 5.41) is 19.7. The second-order valence-corrected chi connectivity index (χ2v) is 5.48. The average molecular weight is 218 g/mol. The molecule has 1 fully saturated rings. The summed E-state index contributed by atoms with van der Waals surface area (Å²) < 4.78 is 0. The largest absolute Gasteiger partial charge is 0.508 e. The SMILES string of the molecule is Oc1ccc(O)c2c1CC1(CCCCC1)C2. The molecule has 86 valence electrons. The van der Waals surface area contributed by atoms with Gasteiger partial charge in [-0.25, -0.2) is 0 Å². The van der Waals surface area contributed by atoms with Crippen LogP contribution in [-0.4, -0.2) is 10.2 Å². The predicted molar refractivity (Wildman–Crippen MR) is 62.7 cm³/mol. The molecule has 1 saturated carbocycles. The van der Waals surface area contributed by atoms with E-state index >= 15 is 0 Å². The van der Waals surface area contributed by atoms with E-state index in [9.17, 15) is 10.2 Å². The van der Waals surface area contributed by atoms with E-state index in [0.717, 1.165) is 24.0 Å². The molecule has 2 aliphatic rings. The third-order valence-electron chi connectivity index (χ3n) is 4.40. The van der Waals surface area contributed by atoms with Crippen LogP contribution in [0.4, 0.5) is 0 Å². The van der Waals surface area contributed by atoms with Crippen LogP contribution in [0.25, 0.3) is 0 Å². The number of fused-ring (bicyclic) bond motifs is 1. The number of rotatable bonds is 0. The summed E-state index contributed by atoms with van der Waals surface area (Å²) in [4.78, 5) is 0. The molecule has 0 saturated heterocycles. The van der Waals surface area contributed by atoms with Gasteiger partial charge < -0.3 is 10.2 Å². The topological polar surface area (TPSA) is 40.5 Å². The van der Waals surface area contributed by atoms with E-state index in [-0.39, 0.29) is 0 Å². The molecular formula is C14H18O2. The van der Waals surface area contributed by atoms with Crippen molar-refractivity contribution in [1.82, 2.24) is 0 Å². The fraction of sp³-hybridized carbons (Fsp3) is 0.571. The second-order valence-electron chi connectivity index (χ2n) is 5.48. The number of benzene rings is 1. The first-order chi connectivity index (χ1) is 7.70. The van der Waals surface area contributed by atoms with Gasteiger partial charge in [-0.2, -0.15) is 0 Å². The zero-order valence-corrected chi connectivity index (χ0v) is 9.50. The van der Waals surface area contributed by atoms with Crippen LogP contribution < -0.4 is 0 Å². The lowest BCUT2D eigenvalue weighted by Crippen LogP contribution is -2.24. The first-order valence-electron chi connectivity index (χ1n) is 6.23. The van der Waals surface area contributed by atoms with Gasteiger partial charge in [-0.1, -0.05) is 19.3 Å². The van der Waals surface area contributed by atoms with Gasteiger partial charge in [-0.3, -0.25) is 0 Å². The van der Waals surface area contributed by atoms with Crippen LogP contribution in [0.2, 0.25) is 0 Å². The molecule has 0 unspecified atom stereocenters. The van der Waals surface area contributed by atoms with Crippen molar-refractivity contribution in [2.24, 2.45) is 5.41 Å². The van der Waals surface area contributed by atoms with Crippen molar-refractivity contribution < 1.29 is 10.2 Å². The maximum absolute atomic E-state index is 9.86. The smallest absolute Gasteiger partial charge is 0.119 e. The Bertz CT molecular complexity index is 384. The molecule has 2 heteroatoms. The van der Waals surface area contributed by atoms with Gasteiger partial charge in [0.05, 0.1) is 0 Å². The van der Waals surface area contributed by atoms with Crippen LogP contribution in [0.3, 0.4) is 0 Å². The minimum absolute atomic E-state index is 0.344. The number of phenols is 2. The normalized spacial score (nSPS) is 22.2. The fourth-order valence-electron chi connectivity index (χ4n) is 3.53. The lowest BCUT2D eigenvalue weighted by Gasteiger charge is -2.33. The Morgan fingerprint density at radius 3 is 1.81 bits per heavy atom. The third-order valence-corrected chi connectivity index (χ3v) is 4.40. The Kier molecular flexibility index (Phi) is 2.13. The van der Waals surface area contributed by atoms with Crippen molar-refractivity contribution in [2.75, 3.05) is 0 Å². The molecule has 0 aromatic heterocycles. The number of phenolic OH excluding ortho intramolecular Hbond substituents is 2. The molecule has 0 atom stereocenters. The van der Waals surface area contributed by atoms with Gasteiger partial charge in [0.2, 0.25) is 0 Å². The van der Waals surface area contributed by atoms with Crippen LogP contribution in [0.15, 0.2) is 12.1 Å². The molecule has 16 heavy (non-hydrogen) atoms. The number of aromatic hydroxyl groups is 2. The zero-order valence-electron chi connectivity index (χ0n) is 9.50. The molecule has 0 bridgehead atoms. The number of hydrogen-bond donors (Lipinski definition) is 2. The summed E-state index contributed by atoms with van der Waals surface area (Å²) in [6.07, 6.45) is 8.37. The molecule has 3 rings (SSSR count). The van der Waals surface area contributed by atoms with Crippen LogP contribution in [-0.2, 0) is 12.8 Å². The predicted octanol–water partition coefficient (Wildman–Crippen LogP) is 3.15. The van der Waals surface area contributed by atoms with Crippen LogP contribution in [0.5, 0.6) is 11.5 Å². The Balaban J connectivity index is 1.99. The summed E-state index contributed by atoms with van der Waals surface area (Å²) in [6.45, 7) is 0. The standard InChI is InChI=1S/C14H18O2/c15-12-4-5-13(16)11-9-14(8-10(11)12)6-2-1-3-7-14/h4-5,15-16H,1-3,6-9H2. The minimum atomic E-state index is 0.344. The zero-order chi connectivity index (χ0) is 11.2. The van der Waals surface area contributed by atoms with Gasteiger partial charge in [-0.15, -0.1) is 0 Å². The van der Waals surface area contributed by atoms with E-state index in [4.69, 9.17) is 0 Å². The molecule has 0 heterocycles. The van der Waals surface area contributed by atoms with Gasteiger partial charge >= 0.3 is 0 Å². The molecule has 1 aromatic rings. The molecule has 2 aliphatic carbocycles. The van der Waals surface area contributed by atoms with E-state index < -0.39 is 0 Å². The van der Waals surface area contributed by atoms with Crippen molar-refractivity contribution in [1.29, 1.82) is 0 Å². The monoisotopic (exact) mass is 218 g/mol. The minimum Gasteiger partial charge on any atom is -0.508 e. The first kappa shape index (κ1) is 10.0.